The standard InChI is InChI=1S/C10H18O/c1-8-2-3-9(4-8)5-10-6-11-7-10/h8-10H,2-7H2,1H3. The highest BCUT2D eigenvalue weighted by atomic mass is 16.5. The van der Waals surface area contributed by atoms with Crippen molar-refractivity contribution >= 4 is 0 Å². The van der Waals surface area contributed by atoms with Crippen molar-refractivity contribution in [1.82, 2.24) is 0 Å². The highest BCUT2D eigenvalue weighted by Crippen LogP contribution is 2.35. The Labute approximate surface area is 69.1 Å². The van der Waals surface area contributed by atoms with Crippen LogP contribution in [0.2, 0.25) is 0 Å². The summed E-state index contributed by atoms with van der Waals surface area (Å²) in [4.78, 5) is 0. The van der Waals surface area contributed by atoms with Gasteiger partial charge in [0.2, 0.25) is 0 Å². The molecular formula is C10H18O. The number of hydrogen-bond donors (Lipinski definition) is 0. The van der Waals surface area contributed by atoms with Gasteiger partial charge < -0.3 is 4.74 Å². The lowest BCUT2D eigenvalue weighted by atomic mass is 9.91. The molecule has 1 aliphatic carbocycles. The topological polar surface area (TPSA) is 9.23 Å². The lowest BCUT2D eigenvalue weighted by molar-refractivity contribution is -0.0423. The van der Waals surface area contributed by atoms with Gasteiger partial charge in [-0.25, -0.2) is 0 Å². The van der Waals surface area contributed by atoms with Gasteiger partial charge in [0, 0.05) is 5.92 Å². The van der Waals surface area contributed by atoms with Gasteiger partial charge in [-0.05, 0) is 24.7 Å². The SMILES string of the molecule is CC1CCC(CC2COC2)C1. The van der Waals surface area contributed by atoms with Crippen molar-refractivity contribution < 1.29 is 4.74 Å². The van der Waals surface area contributed by atoms with Crippen LogP contribution in [-0.4, -0.2) is 13.2 Å². The smallest absolute Gasteiger partial charge is 0.0516 e. The molecule has 0 radical (unpaired) electrons. The minimum Gasteiger partial charge on any atom is -0.381 e. The first kappa shape index (κ1) is 7.60. The summed E-state index contributed by atoms with van der Waals surface area (Å²) in [6, 6.07) is 0. The van der Waals surface area contributed by atoms with Crippen molar-refractivity contribution in [2.24, 2.45) is 17.8 Å². The Kier molecular flexibility index (Phi) is 2.17. The van der Waals surface area contributed by atoms with E-state index in [2.05, 4.69) is 6.92 Å². The highest BCUT2D eigenvalue weighted by molar-refractivity contribution is 4.77. The van der Waals surface area contributed by atoms with Gasteiger partial charge in [0.05, 0.1) is 13.2 Å². The van der Waals surface area contributed by atoms with Gasteiger partial charge in [0.1, 0.15) is 0 Å². The Morgan fingerprint density at radius 2 is 2.00 bits per heavy atom. The van der Waals surface area contributed by atoms with Crippen molar-refractivity contribution in [1.29, 1.82) is 0 Å². The Morgan fingerprint density at radius 3 is 2.45 bits per heavy atom. The fourth-order valence-electron chi connectivity index (χ4n) is 2.43. The van der Waals surface area contributed by atoms with Crippen LogP contribution in [0.15, 0.2) is 0 Å². The largest absolute Gasteiger partial charge is 0.381 e. The van der Waals surface area contributed by atoms with Crippen LogP contribution in [0.3, 0.4) is 0 Å². The molecule has 0 amide bonds. The summed E-state index contributed by atoms with van der Waals surface area (Å²) in [7, 11) is 0. The lowest BCUT2D eigenvalue weighted by Gasteiger charge is -2.28. The molecule has 0 aromatic rings. The summed E-state index contributed by atoms with van der Waals surface area (Å²) in [5.74, 6) is 2.96. The monoisotopic (exact) mass is 154 g/mol. The minimum atomic E-state index is 0.922. The Balaban J connectivity index is 1.70. The van der Waals surface area contributed by atoms with E-state index in [1.807, 2.05) is 0 Å². The quantitative estimate of drug-likeness (QED) is 0.593. The lowest BCUT2D eigenvalue weighted by Crippen LogP contribution is -2.29. The molecular weight excluding hydrogens is 136 g/mol. The molecule has 1 saturated carbocycles. The van der Waals surface area contributed by atoms with Crippen LogP contribution in [-0.2, 0) is 4.74 Å². The van der Waals surface area contributed by atoms with Crippen LogP contribution in [0.5, 0.6) is 0 Å². The molecule has 1 heteroatoms. The second kappa shape index (κ2) is 3.14. The van der Waals surface area contributed by atoms with Gasteiger partial charge in [-0.15, -0.1) is 0 Å². The van der Waals surface area contributed by atoms with Gasteiger partial charge >= 0.3 is 0 Å². The van der Waals surface area contributed by atoms with Gasteiger partial charge in [-0.2, -0.15) is 0 Å². The van der Waals surface area contributed by atoms with Crippen LogP contribution >= 0.6 is 0 Å². The molecule has 0 aromatic carbocycles. The zero-order chi connectivity index (χ0) is 7.68. The molecule has 0 bridgehead atoms. The zero-order valence-electron chi connectivity index (χ0n) is 7.38. The van der Waals surface area contributed by atoms with Gasteiger partial charge in [0.15, 0.2) is 0 Å². The maximum absolute atomic E-state index is 5.17. The van der Waals surface area contributed by atoms with E-state index < -0.39 is 0 Å². The number of rotatable bonds is 2. The van der Waals surface area contributed by atoms with Crippen molar-refractivity contribution in [3.8, 4) is 0 Å². The first-order valence-electron chi connectivity index (χ1n) is 4.92. The van der Waals surface area contributed by atoms with E-state index in [4.69, 9.17) is 4.74 Å². The third-order valence-electron chi connectivity index (χ3n) is 3.18. The predicted molar refractivity (Wildman–Crippen MR) is 45.4 cm³/mol. The van der Waals surface area contributed by atoms with E-state index in [1.165, 1.54) is 25.7 Å². The third-order valence-corrected chi connectivity index (χ3v) is 3.18. The Bertz CT molecular complexity index is 129. The average Bonchev–Trinajstić information content (AvgIpc) is 2.27. The normalized spacial score (nSPS) is 39.0. The molecule has 64 valence electrons. The summed E-state index contributed by atoms with van der Waals surface area (Å²) in [6.07, 6.45) is 5.89. The minimum absolute atomic E-state index is 0.922. The molecule has 1 saturated heterocycles. The number of ether oxygens (including phenoxy) is 1. The van der Waals surface area contributed by atoms with Gasteiger partial charge in [0.25, 0.3) is 0 Å². The van der Waals surface area contributed by atoms with E-state index in [1.54, 1.807) is 0 Å². The predicted octanol–water partition coefficient (Wildman–Crippen LogP) is 2.46. The molecule has 0 aromatic heterocycles. The van der Waals surface area contributed by atoms with Crippen LogP contribution in [0, 0.1) is 17.8 Å². The number of hydrogen-bond acceptors (Lipinski definition) is 1. The van der Waals surface area contributed by atoms with Crippen molar-refractivity contribution in [2.45, 2.75) is 32.6 Å². The zero-order valence-corrected chi connectivity index (χ0v) is 7.38. The molecule has 11 heavy (non-hydrogen) atoms. The Hall–Kier alpha value is -0.0400. The average molecular weight is 154 g/mol. The first-order valence-corrected chi connectivity index (χ1v) is 4.92. The van der Waals surface area contributed by atoms with Crippen molar-refractivity contribution in [3.63, 3.8) is 0 Å². The fourth-order valence-corrected chi connectivity index (χ4v) is 2.43. The molecule has 2 unspecified atom stereocenters. The fraction of sp³-hybridized carbons (Fsp3) is 1.00. The first-order chi connectivity index (χ1) is 5.34. The summed E-state index contributed by atoms with van der Waals surface area (Å²) >= 11 is 0. The molecule has 1 aliphatic heterocycles. The molecule has 2 rings (SSSR count). The summed E-state index contributed by atoms with van der Waals surface area (Å²) < 4.78 is 5.17. The van der Waals surface area contributed by atoms with E-state index in [0.717, 1.165) is 31.0 Å². The molecule has 1 heterocycles. The molecule has 0 spiro atoms. The molecule has 0 N–H and O–H groups in total. The van der Waals surface area contributed by atoms with E-state index >= 15 is 0 Å². The summed E-state index contributed by atoms with van der Waals surface area (Å²) in [5.41, 5.74) is 0. The molecule has 2 aliphatic rings. The summed E-state index contributed by atoms with van der Waals surface area (Å²) in [6.45, 7) is 4.48. The van der Waals surface area contributed by atoms with Crippen LogP contribution in [0.25, 0.3) is 0 Å². The van der Waals surface area contributed by atoms with Crippen LogP contribution < -0.4 is 0 Å². The van der Waals surface area contributed by atoms with E-state index in [0.29, 0.717) is 0 Å². The maximum atomic E-state index is 5.17. The van der Waals surface area contributed by atoms with Crippen molar-refractivity contribution in [2.75, 3.05) is 13.2 Å². The van der Waals surface area contributed by atoms with Gasteiger partial charge in [-0.3, -0.25) is 0 Å². The molecule has 1 nitrogen and oxygen atoms in total. The molecule has 2 fully saturated rings. The molecule has 2 atom stereocenters. The van der Waals surface area contributed by atoms with Crippen LogP contribution in [0.4, 0.5) is 0 Å². The summed E-state index contributed by atoms with van der Waals surface area (Å²) in [5, 5.41) is 0. The van der Waals surface area contributed by atoms with Crippen molar-refractivity contribution in [3.05, 3.63) is 0 Å². The van der Waals surface area contributed by atoms with E-state index in [-0.39, 0.29) is 0 Å². The second-order valence-electron chi connectivity index (χ2n) is 4.42. The van der Waals surface area contributed by atoms with Crippen LogP contribution in [0.1, 0.15) is 32.6 Å². The Morgan fingerprint density at radius 1 is 1.18 bits per heavy atom. The van der Waals surface area contributed by atoms with Gasteiger partial charge in [-0.1, -0.05) is 19.8 Å². The maximum Gasteiger partial charge on any atom is 0.0516 e. The highest BCUT2D eigenvalue weighted by Gasteiger charge is 2.27. The van der Waals surface area contributed by atoms with E-state index in [9.17, 15) is 0 Å². The third kappa shape index (κ3) is 1.76. The second-order valence-corrected chi connectivity index (χ2v) is 4.42.